The highest BCUT2D eigenvalue weighted by atomic mass is 35.5. The molecular weight excluding hydrogens is 294 g/mol. The number of carbonyl (C=O) groups is 1. The Hall–Kier alpha value is -0.650. The fourth-order valence-electron chi connectivity index (χ4n) is 2.46. The monoisotopic (exact) mass is 315 g/mol. The molecule has 0 aromatic carbocycles. The summed E-state index contributed by atoms with van der Waals surface area (Å²) < 4.78 is 0. The van der Waals surface area contributed by atoms with Crippen LogP contribution in [0.4, 0.5) is 0 Å². The van der Waals surface area contributed by atoms with Gasteiger partial charge in [0.2, 0.25) is 5.91 Å². The number of hydrogen-bond acceptors (Lipinski definition) is 4. The SMILES string of the molecule is CCN1CCC(CNC(=O)Cc2nc(CCl)cs2)CC1. The van der Waals surface area contributed by atoms with E-state index in [1.54, 1.807) is 0 Å². The molecule has 0 unspecified atom stereocenters. The number of hydrogen-bond donors (Lipinski definition) is 1. The topological polar surface area (TPSA) is 45.2 Å². The Bertz CT molecular complexity index is 430. The van der Waals surface area contributed by atoms with Crippen LogP contribution < -0.4 is 5.32 Å². The van der Waals surface area contributed by atoms with Crippen LogP contribution in [0.3, 0.4) is 0 Å². The van der Waals surface area contributed by atoms with Gasteiger partial charge in [-0.1, -0.05) is 6.92 Å². The molecule has 0 radical (unpaired) electrons. The van der Waals surface area contributed by atoms with E-state index in [-0.39, 0.29) is 5.91 Å². The summed E-state index contributed by atoms with van der Waals surface area (Å²) in [5, 5.41) is 5.80. The molecule has 1 saturated heterocycles. The van der Waals surface area contributed by atoms with Crippen molar-refractivity contribution in [3.8, 4) is 0 Å². The summed E-state index contributed by atoms with van der Waals surface area (Å²) >= 11 is 7.21. The van der Waals surface area contributed by atoms with Gasteiger partial charge in [0.25, 0.3) is 0 Å². The van der Waals surface area contributed by atoms with E-state index < -0.39 is 0 Å². The molecule has 20 heavy (non-hydrogen) atoms. The highest BCUT2D eigenvalue weighted by molar-refractivity contribution is 7.09. The lowest BCUT2D eigenvalue weighted by atomic mass is 9.97. The second-order valence-electron chi connectivity index (χ2n) is 5.22. The van der Waals surface area contributed by atoms with Crippen LogP contribution in [0.5, 0.6) is 0 Å². The molecule has 6 heteroatoms. The summed E-state index contributed by atoms with van der Waals surface area (Å²) in [5.74, 6) is 1.10. The van der Waals surface area contributed by atoms with Crippen molar-refractivity contribution in [3.05, 3.63) is 16.1 Å². The number of amides is 1. The first-order chi connectivity index (χ1) is 9.71. The van der Waals surface area contributed by atoms with Gasteiger partial charge in [0.05, 0.1) is 18.0 Å². The van der Waals surface area contributed by atoms with Crippen molar-refractivity contribution in [2.24, 2.45) is 5.92 Å². The van der Waals surface area contributed by atoms with Crippen LogP contribution in [0.15, 0.2) is 5.38 Å². The minimum Gasteiger partial charge on any atom is -0.355 e. The quantitative estimate of drug-likeness (QED) is 0.819. The number of alkyl halides is 1. The zero-order valence-electron chi connectivity index (χ0n) is 11.9. The molecule has 0 aliphatic carbocycles. The summed E-state index contributed by atoms with van der Waals surface area (Å²) in [4.78, 5) is 18.6. The zero-order valence-corrected chi connectivity index (χ0v) is 13.5. The van der Waals surface area contributed by atoms with Gasteiger partial charge in [0.1, 0.15) is 5.01 Å². The van der Waals surface area contributed by atoms with Crippen molar-refractivity contribution in [2.45, 2.75) is 32.1 Å². The van der Waals surface area contributed by atoms with Crippen LogP contribution in [0.25, 0.3) is 0 Å². The van der Waals surface area contributed by atoms with Crippen LogP contribution in [-0.4, -0.2) is 42.0 Å². The second-order valence-corrected chi connectivity index (χ2v) is 6.43. The number of carbonyl (C=O) groups excluding carboxylic acids is 1. The number of halogens is 1. The Morgan fingerprint density at radius 3 is 2.90 bits per heavy atom. The third-order valence-corrected chi connectivity index (χ3v) is 4.96. The molecule has 0 bridgehead atoms. The number of thiazole rings is 1. The van der Waals surface area contributed by atoms with Crippen molar-refractivity contribution in [1.29, 1.82) is 0 Å². The van der Waals surface area contributed by atoms with Gasteiger partial charge in [-0.15, -0.1) is 22.9 Å². The third kappa shape index (κ3) is 4.72. The largest absolute Gasteiger partial charge is 0.355 e. The predicted octanol–water partition coefficient (Wildman–Crippen LogP) is 2.27. The van der Waals surface area contributed by atoms with E-state index in [4.69, 9.17) is 11.6 Å². The maximum Gasteiger partial charge on any atom is 0.226 e. The molecule has 1 amide bonds. The summed E-state index contributed by atoms with van der Waals surface area (Å²) in [6.45, 7) is 6.44. The van der Waals surface area contributed by atoms with Crippen LogP contribution in [0.2, 0.25) is 0 Å². The first-order valence-electron chi connectivity index (χ1n) is 7.19. The normalized spacial score (nSPS) is 17.3. The van der Waals surface area contributed by atoms with Crippen LogP contribution >= 0.6 is 22.9 Å². The Kier molecular flexibility index (Phi) is 6.26. The highest BCUT2D eigenvalue weighted by Crippen LogP contribution is 2.16. The number of aromatic nitrogens is 1. The molecule has 0 spiro atoms. The standard InChI is InChI=1S/C14H22ClN3OS/c1-2-18-5-3-11(4-6-18)9-16-13(19)7-14-17-12(8-15)10-20-14/h10-11H,2-9H2,1H3,(H,16,19). The summed E-state index contributed by atoms with van der Waals surface area (Å²) in [5.41, 5.74) is 0.853. The average molecular weight is 316 g/mol. The Morgan fingerprint density at radius 1 is 1.55 bits per heavy atom. The van der Waals surface area contributed by atoms with Crippen molar-refractivity contribution < 1.29 is 4.79 Å². The maximum atomic E-state index is 11.9. The second kappa shape index (κ2) is 7.96. The van der Waals surface area contributed by atoms with E-state index in [9.17, 15) is 4.79 Å². The molecule has 2 rings (SSSR count). The van der Waals surface area contributed by atoms with Crippen LogP contribution in [0, 0.1) is 5.92 Å². The molecular formula is C14H22ClN3OS. The lowest BCUT2D eigenvalue weighted by Crippen LogP contribution is -2.38. The lowest BCUT2D eigenvalue weighted by molar-refractivity contribution is -0.120. The molecule has 1 N–H and O–H groups in total. The highest BCUT2D eigenvalue weighted by Gasteiger charge is 2.18. The number of nitrogens with zero attached hydrogens (tertiary/aromatic N) is 2. The molecule has 0 saturated carbocycles. The molecule has 1 aromatic heterocycles. The summed E-state index contributed by atoms with van der Waals surface area (Å²) in [6.07, 6.45) is 2.74. The molecule has 1 aliphatic rings. The van der Waals surface area contributed by atoms with Gasteiger partial charge in [-0.05, 0) is 38.4 Å². The zero-order chi connectivity index (χ0) is 14.4. The predicted molar refractivity (Wildman–Crippen MR) is 83.2 cm³/mol. The summed E-state index contributed by atoms with van der Waals surface area (Å²) in [6, 6.07) is 0. The molecule has 1 aromatic rings. The maximum absolute atomic E-state index is 11.9. The Morgan fingerprint density at radius 2 is 2.30 bits per heavy atom. The van der Waals surface area contributed by atoms with Gasteiger partial charge in [0.15, 0.2) is 0 Å². The van der Waals surface area contributed by atoms with E-state index in [0.29, 0.717) is 18.2 Å². The lowest BCUT2D eigenvalue weighted by Gasteiger charge is -2.31. The van der Waals surface area contributed by atoms with E-state index in [0.717, 1.165) is 36.9 Å². The van der Waals surface area contributed by atoms with Gasteiger partial charge >= 0.3 is 0 Å². The fraction of sp³-hybridized carbons (Fsp3) is 0.714. The van der Waals surface area contributed by atoms with Gasteiger partial charge in [-0.3, -0.25) is 4.79 Å². The van der Waals surface area contributed by atoms with E-state index in [1.807, 2.05) is 5.38 Å². The van der Waals surface area contributed by atoms with Gasteiger partial charge < -0.3 is 10.2 Å². The molecule has 112 valence electrons. The van der Waals surface area contributed by atoms with Gasteiger partial charge in [-0.2, -0.15) is 0 Å². The van der Waals surface area contributed by atoms with Crippen molar-refractivity contribution in [3.63, 3.8) is 0 Å². The smallest absolute Gasteiger partial charge is 0.226 e. The average Bonchev–Trinajstić information content (AvgIpc) is 2.93. The molecule has 0 atom stereocenters. The molecule has 1 fully saturated rings. The van der Waals surface area contributed by atoms with Crippen molar-refractivity contribution >= 4 is 28.8 Å². The molecule has 2 heterocycles. The Labute approximate surface area is 129 Å². The number of rotatable bonds is 6. The van der Waals surface area contributed by atoms with Crippen molar-refractivity contribution in [2.75, 3.05) is 26.2 Å². The van der Waals surface area contributed by atoms with Crippen LogP contribution in [-0.2, 0) is 17.1 Å². The van der Waals surface area contributed by atoms with Gasteiger partial charge in [0, 0.05) is 11.9 Å². The van der Waals surface area contributed by atoms with Crippen molar-refractivity contribution in [1.82, 2.24) is 15.2 Å². The minimum atomic E-state index is 0.0680. The molecule has 4 nitrogen and oxygen atoms in total. The summed E-state index contributed by atoms with van der Waals surface area (Å²) in [7, 11) is 0. The number of piperidine rings is 1. The van der Waals surface area contributed by atoms with Crippen LogP contribution in [0.1, 0.15) is 30.5 Å². The third-order valence-electron chi connectivity index (χ3n) is 3.79. The molecule has 1 aliphatic heterocycles. The minimum absolute atomic E-state index is 0.0680. The van der Waals surface area contributed by atoms with Gasteiger partial charge in [-0.25, -0.2) is 4.98 Å². The first kappa shape index (κ1) is 15.7. The number of likely N-dealkylation sites (tertiary alicyclic amines) is 1. The van der Waals surface area contributed by atoms with E-state index >= 15 is 0 Å². The first-order valence-corrected chi connectivity index (χ1v) is 8.61. The number of nitrogens with one attached hydrogen (secondary N) is 1. The van der Waals surface area contributed by atoms with E-state index in [2.05, 4.69) is 22.1 Å². The fourth-order valence-corrected chi connectivity index (χ4v) is 3.48. The van der Waals surface area contributed by atoms with E-state index in [1.165, 1.54) is 24.2 Å². The Balaban J connectivity index is 1.67.